The molecule has 1 aromatic carbocycles. The number of hydrogen-bond acceptors (Lipinski definition) is 7. The zero-order chi connectivity index (χ0) is 21.6. The Bertz CT molecular complexity index is 1010. The van der Waals surface area contributed by atoms with Crippen molar-refractivity contribution in [2.24, 2.45) is 0 Å². The first-order valence-electron chi connectivity index (χ1n) is 10.1. The lowest BCUT2D eigenvalue weighted by atomic mass is 10.1. The summed E-state index contributed by atoms with van der Waals surface area (Å²) in [6.45, 7) is 3.12. The number of anilines is 1. The van der Waals surface area contributed by atoms with Gasteiger partial charge >= 0.3 is 5.97 Å². The van der Waals surface area contributed by atoms with Crippen molar-refractivity contribution < 1.29 is 19.1 Å². The van der Waals surface area contributed by atoms with E-state index < -0.39 is 5.97 Å². The van der Waals surface area contributed by atoms with Crippen LogP contribution < -0.4 is 4.90 Å². The van der Waals surface area contributed by atoms with E-state index in [9.17, 15) is 9.59 Å². The van der Waals surface area contributed by atoms with Crippen LogP contribution in [0.4, 0.5) is 5.00 Å². The van der Waals surface area contributed by atoms with E-state index in [1.54, 1.807) is 23.3 Å². The Morgan fingerprint density at radius 3 is 2.61 bits per heavy atom. The lowest BCUT2D eigenvalue weighted by Gasteiger charge is -2.28. The lowest BCUT2D eigenvalue weighted by molar-refractivity contribution is -0.133. The Morgan fingerprint density at radius 2 is 1.90 bits per heavy atom. The maximum atomic E-state index is 12.7. The largest absolute Gasteiger partial charge is 0.451 e. The van der Waals surface area contributed by atoms with E-state index in [0.29, 0.717) is 24.6 Å². The maximum absolute atomic E-state index is 12.7. The zero-order valence-electron chi connectivity index (χ0n) is 17.3. The minimum atomic E-state index is -0.473. The molecule has 1 saturated heterocycles. The fourth-order valence-electron chi connectivity index (χ4n) is 3.34. The Morgan fingerprint density at radius 1 is 1.13 bits per heavy atom. The van der Waals surface area contributed by atoms with Crippen LogP contribution in [0.5, 0.6) is 0 Å². The van der Waals surface area contributed by atoms with Gasteiger partial charge in [-0.05, 0) is 23.1 Å². The molecule has 0 aliphatic carbocycles. The summed E-state index contributed by atoms with van der Waals surface area (Å²) >= 11 is 3.00. The highest BCUT2D eigenvalue weighted by atomic mass is 32.1. The van der Waals surface area contributed by atoms with Crippen LogP contribution in [0, 0.1) is 0 Å². The van der Waals surface area contributed by atoms with E-state index in [0.717, 1.165) is 34.1 Å². The molecule has 1 fully saturated rings. The molecule has 1 aliphatic heterocycles. The van der Waals surface area contributed by atoms with Crippen molar-refractivity contribution in [2.45, 2.75) is 6.54 Å². The van der Waals surface area contributed by atoms with Crippen LogP contribution in [0.3, 0.4) is 0 Å². The standard InChI is InChI=1S/C23H24N2O4S2/c1-24(15-18-8-5-13-30-18)21(26)16-29-23(27)20-14-19(17-6-3-2-4-7-17)22(31-20)25-9-11-28-12-10-25/h2-8,13-14H,9-12,15-16H2,1H3. The summed E-state index contributed by atoms with van der Waals surface area (Å²) in [6, 6.07) is 15.8. The summed E-state index contributed by atoms with van der Waals surface area (Å²) in [5.41, 5.74) is 2.05. The first-order valence-corrected chi connectivity index (χ1v) is 11.8. The van der Waals surface area contributed by atoms with Crippen LogP contribution in [-0.4, -0.2) is 56.7 Å². The number of rotatable bonds is 7. The smallest absolute Gasteiger partial charge is 0.348 e. The van der Waals surface area contributed by atoms with Gasteiger partial charge in [0.05, 0.1) is 24.8 Å². The molecule has 3 heterocycles. The summed E-state index contributed by atoms with van der Waals surface area (Å²) in [5.74, 6) is -0.699. The SMILES string of the molecule is CN(Cc1cccs1)C(=O)COC(=O)c1cc(-c2ccccc2)c(N2CCOCC2)s1. The minimum Gasteiger partial charge on any atom is -0.451 e. The van der Waals surface area contributed by atoms with E-state index in [4.69, 9.17) is 9.47 Å². The molecule has 0 unspecified atom stereocenters. The third-order valence-electron chi connectivity index (χ3n) is 5.02. The van der Waals surface area contributed by atoms with Crippen molar-refractivity contribution >= 4 is 39.6 Å². The normalized spacial score (nSPS) is 13.8. The van der Waals surface area contributed by atoms with Crippen molar-refractivity contribution in [3.05, 3.63) is 63.7 Å². The number of carbonyl (C=O) groups excluding carboxylic acids is 2. The first kappa shape index (κ1) is 21.5. The molecule has 6 nitrogen and oxygen atoms in total. The number of ether oxygens (including phenoxy) is 2. The van der Waals surface area contributed by atoms with Crippen molar-refractivity contribution in [1.29, 1.82) is 0 Å². The number of nitrogens with zero attached hydrogens (tertiary/aromatic N) is 2. The van der Waals surface area contributed by atoms with Gasteiger partial charge in [-0.2, -0.15) is 0 Å². The molecule has 0 radical (unpaired) electrons. The number of morpholine rings is 1. The highest BCUT2D eigenvalue weighted by Gasteiger charge is 2.23. The van der Waals surface area contributed by atoms with Gasteiger partial charge in [-0.1, -0.05) is 36.4 Å². The van der Waals surface area contributed by atoms with Gasteiger partial charge in [0.1, 0.15) is 4.88 Å². The number of amides is 1. The molecule has 0 N–H and O–H groups in total. The van der Waals surface area contributed by atoms with E-state index in [1.807, 2.05) is 53.9 Å². The number of likely N-dealkylation sites (N-methyl/N-ethyl adjacent to an activating group) is 1. The molecule has 31 heavy (non-hydrogen) atoms. The van der Waals surface area contributed by atoms with Gasteiger partial charge in [-0.25, -0.2) is 4.79 Å². The van der Waals surface area contributed by atoms with E-state index in [2.05, 4.69) is 4.90 Å². The van der Waals surface area contributed by atoms with Gasteiger partial charge in [-0.15, -0.1) is 22.7 Å². The quantitative estimate of drug-likeness (QED) is 0.501. The summed E-state index contributed by atoms with van der Waals surface area (Å²) < 4.78 is 10.8. The van der Waals surface area contributed by atoms with Crippen LogP contribution in [0.25, 0.3) is 11.1 Å². The minimum absolute atomic E-state index is 0.227. The van der Waals surface area contributed by atoms with E-state index in [-0.39, 0.29) is 12.5 Å². The summed E-state index contributed by atoms with van der Waals surface area (Å²) in [6.07, 6.45) is 0. The van der Waals surface area contributed by atoms with Gasteiger partial charge in [0, 0.05) is 30.6 Å². The van der Waals surface area contributed by atoms with Crippen molar-refractivity contribution in [1.82, 2.24) is 4.90 Å². The fraction of sp³-hybridized carbons (Fsp3) is 0.304. The number of thiophene rings is 2. The third-order valence-corrected chi connectivity index (χ3v) is 7.06. The molecule has 2 aromatic heterocycles. The number of benzene rings is 1. The Kier molecular flexibility index (Phi) is 7.01. The van der Waals surface area contributed by atoms with Gasteiger partial charge < -0.3 is 19.3 Å². The number of carbonyl (C=O) groups is 2. The Balaban J connectivity index is 1.46. The Labute approximate surface area is 189 Å². The summed E-state index contributed by atoms with van der Waals surface area (Å²) in [4.78, 5) is 30.5. The van der Waals surface area contributed by atoms with Gasteiger partial charge in [0.2, 0.25) is 0 Å². The fourth-order valence-corrected chi connectivity index (χ4v) is 5.22. The van der Waals surface area contributed by atoms with Crippen LogP contribution in [0.2, 0.25) is 0 Å². The predicted molar refractivity (Wildman–Crippen MR) is 124 cm³/mol. The van der Waals surface area contributed by atoms with Crippen molar-refractivity contribution in [3.8, 4) is 11.1 Å². The van der Waals surface area contributed by atoms with Crippen LogP contribution in [-0.2, 0) is 20.8 Å². The number of hydrogen-bond donors (Lipinski definition) is 0. The molecule has 0 atom stereocenters. The van der Waals surface area contributed by atoms with E-state index >= 15 is 0 Å². The molecular formula is C23H24N2O4S2. The molecular weight excluding hydrogens is 432 g/mol. The van der Waals surface area contributed by atoms with Gasteiger partial charge in [-0.3, -0.25) is 4.79 Å². The molecule has 0 spiro atoms. The molecule has 3 aromatic rings. The molecule has 1 aliphatic rings. The van der Waals surface area contributed by atoms with Crippen molar-refractivity contribution in [3.63, 3.8) is 0 Å². The van der Waals surface area contributed by atoms with Gasteiger partial charge in [0.25, 0.3) is 5.91 Å². The highest BCUT2D eigenvalue weighted by Crippen LogP contribution is 2.39. The Hall–Kier alpha value is -2.68. The lowest BCUT2D eigenvalue weighted by Crippen LogP contribution is -2.35. The third kappa shape index (κ3) is 5.33. The van der Waals surface area contributed by atoms with Crippen LogP contribution >= 0.6 is 22.7 Å². The van der Waals surface area contributed by atoms with Gasteiger partial charge in [0.15, 0.2) is 6.61 Å². The highest BCUT2D eigenvalue weighted by molar-refractivity contribution is 7.18. The van der Waals surface area contributed by atoms with Crippen LogP contribution in [0.1, 0.15) is 14.5 Å². The monoisotopic (exact) mass is 456 g/mol. The molecule has 0 saturated carbocycles. The second-order valence-corrected chi connectivity index (χ2v) is 9.26. The molecule has 162 valence electrons. The van der Waals surface area contributed by atoms with E-state index in [1.165, 1.54) is 11.3 Å². The molecule has 8 heteroatoms. The average Bonchev–Trinajstić information content (AvgIpc) is 3.48. The van der Waals surface area contributed by atoms with Crippen LogP contribution in [0.15, 0.2) is 53.9 Å². The average molecular weight is 457 g/mol. The molecule has 0 bridgehead atoms. The topological polar surface area (TPSA) is 59.1 Å². The number of esters is 1. The summed E-state index contributed by atoms with van der Waals surface area (Å²) in [7, 11) is 1.71. The molecule has 4 rings (SSSR count). The first-order chi connectivity index (χ1) is 15.1. The van der Waals surface area contributed by atoms with Crippen molar-refractivity contribution in [2.75, 3.05) is 44.9 Å². The predicted octanol–water partition coefficient (Wildman–Crippen LogP) is 4.13. The molecule has 1 amide bonds. The zero-order valence-corrected chi connectivity index (χ0v) is 18.9. The second-order valence-electron chi connectivity index (χ2n) is 7.20. The maximum Gasteiger partial charge on any atom is 0.348 e. The second kappa shape index (κ2) is 10.1. The summed E-state index contributed by atoms with van der Waals surface area (Å²) in [5, 5.41) is 3.00.